The second-order valence-corrected chi connectivity index (χ2v) is 5.14. The van der Waals surface area contributed by atoms with Crippen molar-refractivity contribution >= 4 is 11.3 Å². The van der Waals surface area contributed by atoms with Crippen LogP contribution in [0.3, 0.4) is 0 Å². The molecule has 4 heteroatoms. The van der Waals surface area contributed by atoms with Crippen molar-refractivity contribution in [2.75, 3.05) is 13.7 Å². The van der Waals surface area contributed by atoms with Crippen molar-refractivity contribution < 1.29 is 4.74 Å². The molecule has 4 unspecified atom stereocenters. The van der Waals surface area contributed by atoms with Gasteiger partial charge in [0.1, 0.15) is 0 Å². The molecule has 0 radical (unpaired) electrons. The monoisotopic (exact) mass is 210 g/mol. The number of hydrogen-bond acceptors (Lipinski definition) is 4. The largest absolute Gasteiger partial charge is 0.487 e. The summed E-state index contributed by atoms with van der Waals surface area (Å²) in [7, 11) is 1.71. The summed E-state index contributed by atoms with van der Waals surface area (Å²) in [5.74, 6) is 1.38. The molecule has 76 valence electrons. The summed E-state index contributed by atoms with van der Waals surface area (Å²) in [4.78, 5) is 1.36. The van der Waals surface area contributed by atoms with Gasteiger partial charge in [-0.3, -0.25) is 0 Å². The van der Waals surface area contributed by atoms with Crippen LogP contribution < -0.4 is 15.8 Å². The Labute approximate surface area is 87.3 Å². The van der Waals surface area contributed by atoms with Gasteiger partial charge in [0.25, 0.3) is 0 Å². The quantitative estimate of drug-likeness (QED) is 0.765. The lowest BCUT2D eigenvalue weighted by Gasteiger charge is -2.12. The van der Waals surface area contributed by atoms with E-state index in [2.05, 4.69) is 11.4 Å². The SMILES string of the molecule is COc1ccc(C2NCC3C(N)C23)s1. The highest BCUT2D eigenvalue weighted by atomic mass is 32.1. The molecule has 2 aliphatic rings. The first-order valence-corrected chi connectivity index (χ1v) is 5.75. The van der Waals surface area contributed by atoms with Crippen molar-refractivity contribution in [2.24, 2.45) is 17.6 Å². The van der Waals surface area contributed by atoms with E-state index in [9.17, 15) is 0 Å². The van der Waals surface area contributed by atoms with Crippen molar-refractivity contribution in [3.05, 3.63) is 17.0 Å². The van der Waals surface area contributed by atoms with E-state index in [0.717, 1.165) is 11.6 Å². The van der Waals surface area contributed by atoms with Crippen LogP contribution in [0.15, 0.2) is 12.1 Å². The molecule has 0 spiro atoms. The molecule has 1 aromatic heterocycles. The van der Waals surface area contributed by atoms with Gasteiger partial charge in [0.05, 0.1) is 7.11 Å². The molecule has 3 rings (SSSR count). The van der Waals surface area contributed by atoms with Gasteiger partial charge in [0.2, 0.25) is 0 Å². The molecule has 1 saturated heterocycles. The van der Waals surface area contributed by atoms with E-state index < -0.39 is 0 Å². The number of fused-ring (bicyclic) bond motifs is 1. The molecule has 1 aromatic rings. The zero-order valence-corrected chi connectivity index (χ0v) is 8.88. The zero-order chi connectivity index (χ0) is 9.71. The van der Waals surface area contributed by atoms with Crippen LogP contribution in [0.5, 0.6) is 5.06 Å². The summed E-state index contributed by atoms with van der Waals surface area (Å²) in [6, 6.07) is 5.08. The van der Waals surface area contributed by atoms with Gasteiger partial charge in [0, 0.05) is 29.4 Å². The van der Waals surface area contributed by atoms with E-state index in [1.165, 1.54) is 4.88 Å². The molecule has 0 aromatic carbocycles. The highest BCUT2D eigenvalue weighted by molar-refractivity contribution is 7.13. The average Bonchev–Trinajstić information content (AvgIpc) is 2.67. The minimum atomic E-state index is 0.425. The Hall–Kier alpha value is -0.580. The predicted molar refractivity (Wildman–Crippen MR) is 56.6 cm³/mol. The number of methoxy groups -OCH3 is 1. The molecular weight excluding hydrogens is 196 g/mol. The summed E-state index contributed by atoms with van der Waals surface area (Å²) in [6.07, 6.45) is 0. The number of hydrogen-bond donors (Lipinski definition) is 2. The lowest BCUT2D eigenvalue weighted by Crippen LogP contribution is -2.25. The topological polar surface area (TPSA) is 47.3 Å². The molecule has 0 amide bonds. The standard InChI is InChI=1S/C10H14N2OS/c1-13-7-3-2-6(14-7)10-8-5(4-12-10)9(8)11/h2-3,5,8-10,12H,4,11H2,1H3. The molecule has 2 fully saturated rings. The van der Waals surface area contributed by atoms with Gasteiger partial charge in [-0.25, -0.2) is 0 Å². The van der Waals surface area contributed by atoms with Crippen LogP contribution in [-0.4, -0.2) is 19.7 Å². The molecule has 2 heterocycles. The van der Waals surface area contributed by atoms with Crippen LogP contribution in [-0.2, 0) is 0 Å². The van der Waals surface area contributed by atoms with Gasteiger partial charge < -0.3 is 15.8 Å². The van der Waals surface area contributed by atoms with Gasteiger partial charge in [-0.05, 0) is 18.1 Å². The van der Waals surface area contributed by atoms with Gasteiger partial charge in [-0.1, -0.05) is 0 Å². The van der Waals surface area contributed by atoms with E-state index in [1.54, 1.807) is 18.4 Å². The van der Waals surface area contributed by atoms with Crippen molar-refractivity contribution in [1.82, 2.24) is 5.32 Å². The van der Waals surface area contributed by atoms with Crippen molar-refractivity contribution in [3.63, 3.8) is 0 Å². The van der Waals surface area contributed by atoms with E-state index in [-0.39, 0.29) is 0 Å². The number of ether oxygens (including phenoxy) is 1. The Balaban J connectivity index is 1.82. The zero-order valence-electron chi connectivity index (χ0n) is 8.07. The van der Waals surface area contributed by atoms with E-state index in [4.69, 9.17) is 10.5 Å². The number of piperidine rings is 1. The number of rotatable bonds is 2. The predicted octanol–water partition coefficient (Wildman–Crippen LogP) is 0.974. The van der Waals surface area contributed by atoms with Crippen LogP contribution in [0.25, 0.3) is 0 Å². The average molecular weight is 210 g/mol. The smallest absolute Gasteiger partial charge is 0.173 e. The fourth-order valence-electron chi connectivity index (χ4n) is 2.47. The van der Waals surface area contributed by atoms with Gasteiger partial charge >= 0.3 is 0 Å². The maximum atomic E-state index is 5.97. The molecule has 14 heavy (non-hydrogen) atoms. The highest BCUT2D eigenvalue weighted by Gasteiger charge is 2.56. The fourth-order valence-corrected chi connectivity index (χ4v) is 3.43. The lowest BCUT2D eigenvalue weighted by atomic mass is 10.1. The van der Waals surface area contributed by atoms with Crippen molar-refractivity contribution in [3.8, 4) is 5.06 Å². The third-order valence-electron chi connectivity index (χ3n) is 3.36. The minimum Gasteiger partial charge on any atom is -0.487 e. The Morgan fingerprint density at radius 3 is 3.00 bits per heavy atom. The molecule has 3 N–H and O–H groups in total. The number of nitrogens with two attached hydrogens (primary N) is 1. The van der Waals surface area contributed by atoms with Crippen molar-refractivity contribution in [1.29, 1.82) is 0 Å². The summed E-state index contributed by atoms with van der Waals surface area (Å²) >= 11 is 1.72. The second-order valence-electron chi connectivity index (χ2n) is 4.07. The van der Waals surface area contributed by atoms with E-state index in [0.29, 0.717) is 23.9 Å². The molecule has 1 aliphatic carbocycles. The summed E-state index contributed by atoms with van der Waals surface area (Å²) < 4.78 is 5.19. The summed E-state index contributed by atoms with van der Waals surface area (Å²) in [5.41, 5.74) is 5.97. The molecular formula is C10H14N2OS. The maximum Gasteiger partial charge on any atom is 0.173 e. The Morgan fingerprint density at radius 1 is 1.57 bits per heavy atom. The fraction of sp³-hybridized carbons (Fsp3) is 0.600. The molecule has 4 atom stereocenters. The maximum absolute atomic E-state index is 5.97. The van der Waals surface area contributed by atoms with Gasteiger partial charge in [0.15, 0.2) is 5.06 Å². The number of thiophene rings is 1. The molecule has 1 aliphatic heterocycles. The Morgan fingerprint density at radius 2 is 2.43 bits per heavy atom. The van der Waals surface area contributed by atoms with Crippen LogP contribution in [0.2, 0.25) is 0 Å². The summed E-state index contributed by atoms with van der Waals surface area (Å²) in [6.45, 7) is 1.08. The molecule has 3 nitrogen and oxygen atoms in total. The third kappa shape index (κ3) is 1.11. The Kier molecular flexibility index (Phi) is 1.84. The number of nitrogens with one attached hydrogen (secondary N) is 1. The van der Waals surface area contributed by atoms with Gasteiger partial charge in [-0.2, -0.15) is 0 Å². The third-order valence-corrected chi connectivity index (χ3v) is 4.49. The van der Waals surface area contributed by atoms with Crippen LogP contribution in [0.4, 0.5) is 0 Å². The first-order valence-electron chi connectivity index (χ1n) is 4.94. The van der Waals surface area contributed by atoms with Crippen molar-refractivity contribution in [2.45, 2.75) is 12.1 Å². The van der Waals surface area contributed by atoms with E-state index >= 15 is 0 Å². The normalized spacial score (nSPS) is 39.6. The minimum absolute atomic E-state index is 0.425. The molecule has 1 saturated carbocycles. The van der Waals surface area contributed by atoms with E-state index in [1.807, 2.05) is 6.07 Å². The Bertz CT molecular complexity index is 352. The lowest BCUT2D eigenvalue weighted by molar-refractivity contribution is 0.427. The van der Waals surface area contributed by atoms with Crippen LogP contribution >= 0.6 is 11.3 Å². The van der Waals surface area contributed by atoms with Crippen LogP contribution in [0.1, 0.15) is 10.9 Å². The summed E-state index contributed by atoms with van der Waals surface area (Å²) in [5, 5.41) is 4.50. The first kappa shape index (κ1) is 8.71. The first-order chi connectivity index (χ1) is 6.81. The second kappa shape index (κ2) is 2.95. The van der Waals surface area contributed by atoms with Gasteiger partial charge in [-0.15, -0.1) is 11.3 Å². The van der Waals surface area contributed by atoms with Crippen LogP contribution in [0, 0.1) is 11.8 Å². The highest BCUT2D eigenvalue weighted by Crippen LogP contribution is 2.52. The molecule has 0 bridgehead atoms.